The molecule has 0 aliphatic rings. The van der Waals surface area contributed by atoms with Crippen LogP contribution in [0.4, 0.5) is 4.39 Å². The summed E-state index contributed by atoms with van der Waals surface area (Å²) in [4.78, 5) is 0. The fourth-order valence-corrected chi connectivity index (χ4v) is 3.19. The number of hydrogen-bond donors (Lipinski definition) is 2. The van der Waals surface area contributed by atoms with Gasteiger partial charge in [-0.2, -0.15) is 5.10 Å². The first kappa shape index (κ1) is 20.4. The van der Waals surface area contributed by atoms with Crippen LogP contribution in [0, 0.1) is 17.5 Å². The Balaban J connectivity index is 1.76. The van der Waals surface area contributed by atoms with Crippen LogP contribution in [0.5, 0.6) is 11.5 Å². The monoisotopic (exact) mass is 442 g/mol. The van der Waals surface area contributed by atoms with Crippen molar-refractivity contribution in [2.45, 2.75) is 20.1 Å². The lowest BCUT2D eigenvalue weighted by atomic mass is 10.2. The van der Waals surface area contributed by atoms with Gasteiger partial charge in [0.2, 0.25) is 4.77 Å². The lowest BCUT2D eigenvalue weighted by Gasteiger charge is -2.15. The maximum atomic E-state index is 13.2. The van der Waals surface area contributed by atoms with Crippen molar-refractivity contribution in [2.75, 3.05) is 12.5 Å². The molecule has 28 heavy (non-hydrogen) atoms. The molecule has 0 saturated carbocycles. The molecule has 0 atom stereocenters. The number of hydrogen-bond acceptors (Lipinski definition) is 5. The summed E-state index contributed by atoms with van der Waals surface area (Å²) in [7, 11) is 1.54. The van der Waals surface area contributed by atoms with Gasteiger partial charge in [0.15, 0.2) is 11.5 Å². The molecule has 0 spiro atoms. The summed E-state index contributed by atoms with van der Waals surface area (Å²) in [5.41, 5.74) is 4.58. The van der Waals surface area contributed by atoms with Crippen molar-refractivity contribution < 1.29 is 13.9 Å². The Morgan fingerprint density at radius 1 is 1.18 bits per heavy atom. The van der Waals surface area contributed by atoms with E-state index in [2.05, 4.69) is 15.6 Å². The molecule has 0 bridgehead atoms. The molecule has 0 aliphatic carbocycles. The zero-order valence-electron chi connectivity index (χ0n) is 15.1. The SMILES string of the molecule is COc1cc(CNn2c(C)n[nH]c2=S)c(Cl)cc1OCc1ccc(F)cc1Cl. The maximum absolute atomic E-state index is 13.2. The molecule has 6 nitrogen and oxygen atoms in total. The Hall–Kier alpha value is -2.29. The number of nitrogens with one attached hydrogen (secondary N) is 2. The number of methoxy groups -OCH3 is 1. The van der Waals surface area contributed by atoms with Gasteiger partial charge in [-0.25, -0.2) is 9.07 Å². The first-order valence-electron chi connectivity index (χ1n) is 8.20. The van der Waals surface area contributed by atoms with Crippen molar-refractivity contribution in [3.05, 3.63) is 67.9 Å². The summed E-state index contributed by atoms with van der Waals surface area (Å²) in [5.74, 6) is 1.25. The molecular formula is C18H17Cl2FN4O2S. The minimum atomic E-state index is -0.404. The van der Waals surface area contributed by atoms with Crippen LogP contribution >= 0.6 is 35.4 Å². The van der Waals surface area contributed by atoms with E-state index in [-0.39, 0.29) is 11.6 Å². The summed E-state index contributed by atoms with van der Waals surface area (Å²) < 4.78 is 26.5. The first-order chi connectivity index (χ1) is 13.4. The van der Waals surface area contributed by atoms with Gasteiger partial charge in [0.05, 0.1) is 18.7 Å². The van der Waals surface area contributed by atoms with E-state index in [4.69, 9.17) is 44.9 Å². The highest BCUT2D eigenvalue weighted by Gasteiger charge is 2.13. The Bertz CT molecular complexity index is 1050. The van der Waals surface area contributed by atoms with E-state index >= 15 is 0 Å². The normalized spacial score (nSPS) is 10.8. The molecule has 2 aromatic carbocycles. The third-order valence-electron chi connectivity index (χ3n) is 4.00. The van der Waals surface area contributed by atoms with Crippen LogP contribution in [0.3, 0.4) is 0 Å². The molecule has 0 radical (unpaired) electrons. The molecule has 0 fully saturated rings. The van der Waals surface area contributed by atoms with Crippen molar-refractivity contribution in [1.29, 1.82) is 0 Å². The van der Waals surface area contributed by atoms with Gasteiger partial charge in [0.1, 0.15) is 18.2 Å². The quantitative estimate of drug-likeness (QED) is 0.502. The molecule has 10 heteroatoms. The van der Waals surface area contributed by atoms with Gasteiger partial charge >= 0.3 is 0 Å². The summed E-state index contributed by atoms with van der Waals surface area (Å²) in [6.07, 6.45) is 0. The lowest BCUT2D eigenvalue weighted by molar-refractivity contribution is 0.284. The number of aromatic nitrogens is 3. The van der Waals surface area contributed by atoms with Gasteiger partial charge in [0.25, 0.3) is 0 Å². The van der Waals surface area contributed by atoms with Gasteiger partial charge in [-0.05, 0) is 42.9 Å². The van der Waals surface area contributed by atoms with E-state index < -0.39 is 5.82 Å². The second kappa shape index (κ2) is 8.81. The molecule has 3 rings (SSSR count). The third kappa shape index (κ3) is 4.57. The summed E-state index contributed by atoms with van der Waals surface area (Å²) in [5, 5.41) is 7.51. The second-order valence-corrected chi connectivity index (χ2v) is 7.07. The summed E-state index contributed by atoms with van der Waals surface area (Å²) in [6.45, 7) is 2.36. The molecule has 148 valence electrons. The van der Waals surface area contributed by atoms with Gasteiger partial charge in [-0.15, -0.1) is 0 Å². The molecule has 0 amide bonds. The molecule has 3 aromatic rings. The molecule has 0 saturated heterocycles. The maximum Gasteiger partial charge on any atom is 0.214 e. The first-order valence-corrected chi connectivity index (χ1v) is 9.36. The lowest BCUT2D eigenvalue weighted by Crippen LogP contribution is -2.16. The Morgan fingerprint density at radius 2 is 1.93 bits per heavy atom. The number of nitrogens with zero attached hydrogens (tertiary/aromatic N) is 2. The predicted molar refractivity (Wildman–Crippen MR) is 109 cm³/mol. The summed E-state index contributed by atoms with van der Waals surface area (Å²) >= 11 is 17.6. The fourth-order valence-electron chi connectivity index (χ4n) is 2.51. The molecule has 1 aromatic heterocycles. The highest BCUT2D eigenvalue weighted by atomic mass is 35.5. The number of H-pyrrole nitrogens is 1. The number of aryl methyl sites for hydroxylation is 1. The standard InChI is InChI=1S/C18H17Cl2FN4O2S/c1-10-23-24-18(28)25(10)22-8-12-5-16(26-2)17(7-15(12)20)27-9-11-3-4-13(21)6-14(11)19/h3-7,22H,8-9H2,1-2H3,(H,24,28). The van der Waals surface area contributed by atoms with E-state index in [0.717, 1.165) is 5.56 Å². The number of aromatic amines is 1. The van der Waals surface area contributed by atoms with Gasteiger partial charge in [0, 0.05) is 16.7 Å². The highest BCUT2D eigenvalue weighted by Crippen LogP contribution is 2.34. The van der Waals surface area contributed by atoms with E-state index in [9.17, 15) is 4.39 Å². The number of ether oxygens (including phenoxy) is 2. The van der Waals surface area contributed by atoms with Crippen LogP contribution in [-0.4, -0.2) is 22.0 Å². The fraction of sp³-hybridized carbons (Fsp3) is 0.222. The van der Waals surface area contributed by atoms with Crippen LogP contribution in [-0.2, 0) is 13.2 Å². The van der Waals surface area contributed by atoms with Crippen LogP contribution in [0.25, 0.3) is 0 Å². The van der Waals surface area contributed by atoms with Crippen molar-refractivity contribution in [2.24, 2.45) is 0 Å². The smallest absolute Gasteiger partial charge is 0.214 e. The number of rotatable bonds is 7. The van der Waals surface area contributed by atoms with Crippen molar-refractivity contribution in [1.82, 2.24) is 14.9 Å². The van der Waals surface area contributed by atoms with Gasteiger partial charge in [-0.3, -0.25) is 5.10 Å². The van der Waals surface area contributed by atoms with Gasteiger partial charge in [-0.1, -0.05) is 29.3 Å². The van der Waals surface area contributed by atoms with Crippen LogP contribution in [0.2, 0.25) is 10.0 Å². The largest absolute Gasteiger partial charge is 0.493 e. The number of benzene rings is 2. The zero-order valence-corrected chi connectivity index (χ0v) is 17.4. The topological polar surface area (TPSA) is 64.1 Å². The van der Waals surface area contributed by atoms with Crippen molar-refractivity contribution >= 4 is 35.4 Å². The Kier molecular flexibility index (Phi) is 6.43. The Morgan fingerprint density at radius 3 is 2.57 bits per heavy atom. The molecule has 2 N–H and O–H groups in total. The third-order valence-corrected chi connectivity index (χ3v) is 4.98. The van der Waals surface area contributed by atoms with Crippen molar-refractivity contribution in [3.63, 3.8) is 0 Å². The molecule has 1 heterocycles. The molecular weight excluding hydrogens is 426 g/mol. The second-order valence-electron chi connectivity index (χ2n) is 5.87. The van der Waals surface area contributed by atoms with Crippen LogP contribution in [0.1, 0.15) is 17.0 Å². The van der Waals surface area contributed by atoms with E-state index in [1.54, 1.807) is 22.9 Å². The minimum Gasteiger partial charge on any atom is -0.493 e. The molecule has 0 unspecified atom stereocenters. The Labute approximate surface area is 176 Å². The van der Waals surface area contributed by atoms with E-state index in [1.165, 1.54) is 19.2 Å². The van der Waals surface area contributed by atoms with Crippen LogP contribution < -0.4 is 14.9 Å². The zero-order chi connectivity index (χ0) is 20.3. The van der Waals surface area contributed by atoms with E-state index in [1.807, 2.05) is 6.92 Å². The van der Waals surface area contributed by atoms with Gasteiger partial charge < -0.3 is 14.9 Å². The predicted octanol–water partition coefficient (Wildman–Crippen LogP) is 5.03. The van der Waals surface area contributed by atoms with Crippen molar-refractivity contribution in [3.8, 4) is 11.5 Å². The average molecular weight is 443 g/mol. The van der Waals surface area contributed by atoms with E-state index in [0.29, 0.717) is 39.2 Å². The average Bonchev–Trinajstić information content (AvgIpc) is 2.98. The number of halogens is 3. The molecule has 0 aliphatic heterocycles. The highest BCUT2D eigenvalue weighted by molar-refractivity contribution is 7.71. The summed E-state index contributed by atoms with van der Waals surface area (Å²) in [6, 6.07) is 7.57. The minimum absolute atomic E-state index is 0.146. The van der Waals surface area contributed by atoms with Crippen LogP contribution in [0.15, 0.2) is 30.3 Å².